The van der Waals surface area contributed by atoms with Crippen LogP contribution >= 0.6 is 0 Å². The molecule has 0 radical (unpaired) electrons. The zero-order valence-electron chi connectivity index (χ0n) is 25.0. The molecule has 0 saturated heterocycles. The van der Waals surface area contributed by atoms with Crippen molar-refractivity contribution in [1.29, 1.82) is 0 Å². The number of fused-ring (bicyclic) bond motifs is 3. The van der Waals surface area contributed by atoms with Gasteiger partial charge in [-0.25, -0.2) is 0 Å². The Morgan fingerprint density at radius 2 is 1.72 bits per heavy atom. The van der Waals surface area contributed by atoms with E-state index in [2.05, 4.69) is 4.99 Å². The van der Waals surface area contributed by atoms with E-state index in [9.17, 15) is 34.2 Å². The second-order valence-electron chi connectivity index (χ2n) is 13.2. The molecule has 0 heterocycles. The lowest BCUT2D eigenvalue weighted by Crippen LogP contribution is -2.74. The lowest BCUT2D eigenvalue weighted by atomic mass is 9.52. The Balaban J connectivity index is 1.54. The van der Waals surface area contributed by atoms with E-state index in [1.54, 1.807) is 20.2 Å². The van der Waals surface area contributed by atoms with E-state index >= 15 is 0 Å². The Hall–Kier alpha value is -4.02. The van der Waals surface area contributed by atoms with Gasteiger partial charge in [0.2, 0.25) is 5.91 Å². The maximum atomic E-state index is 14.0. The number of nitrogens with zero attached hydrogens (tertiary/aromatic N) is 2. The van der Waals surface area contributed by atoms with Crippen LogP contribution in [0.3, 0.4) is 0 Å². The molecule has 6 atom stereocenters. The normalized spacial score (nSPS) is 29.0. The molecule has 0 bridgehead atoms. The van der Waals surface area contributed by atoms with Gasteiger partial charge in [-0.15, -0.1) is 0 Å². The highest BCUT2D eigenvalue weighted by atomic mass is 16.3. The summed E-state index contributed by atoms with van der Waals surface area (Å²) in [5, 5.41) is 22.5. The number of phenolic OH excluding ortho intramolecular Hbond substituents is 1. The number of carbonyl (C=O) groups is 5. The zero-order chi connectivity index (χ0) is 31.6. The molecule has 10 nitrogen and oxygen atoms in total. The van der Waals surface area contributed by atoms with E-state index in [1.165, 1.54) is 11.0 Å². The molecular formula is C33H37N3O7. The highest BCUT2D eigenvalue weighted by Gasteiger charge is 2.69. The maximum Gasteiger partial charge on any atom is 0.235 e. The van der Waals surface area contributed by atoms with E-state index in [-0.39, 0.29) is 29.7 Å². The van der Waals surface area contributed by atoms with Crippen LogP contribution in [-0.2, 0) is 32.0 Å². The molecule has 4 N–H and O–H groups in total. The fourth-order valence-corrected chi connectivity index (χ4v) is 7.12. The molecule has 1 amide bonds. The average molecular weight is 588 g/mol. The summed E-state index contributed by atoms with van der Waals surface area (Å²) in [6, 6.07) is 9.79. The Morgan fingerprint density at radius 3 is 2.30 bits per heavy atom. The van der Waals surface area contributed by atoms with Crippen molar-refractivity contribution in [2.75, 3.05) is 14.1 Å². The van der Waals surface area contributed by atoms with Gasteiger partial charge in [-0.2, -0.15) is 0 Å². The highest BCUT2D eigenvalue weighted by Crippen LogP contribution is 2.51. The molecule has 2 unspecified atom stereocenters. The van der Waals surface area contributed by atoms with Gasteiger partial charge in [-0.1, -0.05) is 30.3 Å². The number of hydrogen-bond acceptors (Lipinski definition) is 9. The standard InChI is InChI=1S/C33H37N3O7/c1-32(2,3)35-13-12-16-6-8-17(9-7-16)19-10-11-22(37)24-20(19)14-18-15-21-26(36(4)5)28(39)25(31(34)42)30(41)33(21,43)29(40)23(18)27(24)38/h6-11,13,18,21,23,25-26,37,43H,12,14-15H2,1-5H3,(H2,34,42)/t18-,21-,23?,25?,26-,33-/m1/s1. The Kier molecular flexibility index (Phi) is 7.51. The van der Waals surface area contributed by atoms with Gasteiger partial charge in [-0.3, -0.25) is 33.9 Å². The molecule has 5 rings (SSSR count). The van der Waals surface area contributed by atoms with Gasteiger partial charge in [0.25, 0.3) is 0 Å². The van der Waals surface area contributed by atoms with Crippen LogP contribution in [0.2, 0.25) is 0 Å². The third-order valence-electron chi connectivity index (χ3n) is 9.02. The van der Waals surface area contributed by atoms with Crippen LogP contribution in [0.25, 0.3) is 11.1 Å². The number of carbonyl (C=O) groups excluding carboxylic acids is 5. The first kappa shape index (κ1) is 30.4. The quantitative estimate of drug-likeness (QED) is 0.352. The van der Waals surface area contributed by atoms with Crippen molar-refractivity contribution in [2.45, 2.75) is 57.2 Å². The zero-order valence-corrected chi connectivity index (χ0v) is 25.0. The van der Waals surface area contributed by atoms with Crippen molar-refractivity contribution in [3.63, 3.8) is 0 Å². The number of primary amides is 1. The number of aliphatic hydroxyl groups is 1. The van der Waals surface area contributed by atoms with Crippen LogP contribution in [0, 0.1) is 23.7 Å². The average Bonchev–Trinajstić information content (AvgIpc) is 2.90. The second-order valence-corrected chi connectivity index (χ2v) is 13.2. The van der Waals surface area contributed by atoms with Gasteiger partial charge >= 0.3 is 0 Å². The number of nitrogens with two attached hydrogens (primary N) is 1. The molecule has 2 aromatic rings. The first-order valence-corrected chi connectivity index (χ1v) is 14.4. The van der Waals surface area contributed by atoms with Gasteiger partial charge < -0.3 is 15.9 Å². The van der Waals surface area contributed by atoms with E-state index in [0.717, 1.165) is 16.7 Å². The Labute approximate surface area is 250 Å². The largest absolute Gasteiger partial charge is 0.507 e. The lowest BCUT2D eigenvalue weighted by Gasteiger charge is -2.52. The van der Waals surface area contributed by atoms with Gasteiger partial charge in [-0.05, 0) is 81.9 Å². The third-order valence-corrected chi connectivity index (χ3v) is 9.02. The van der Waals surface area contributed by atoms with E-state index in [1.807, 2.05) is 51.3 Å². The van der Waals surface area contributed by atoms with E-state index in [4.69, 9.17) is 5.73 Å². The molecule has 3 aliphatic carbocycles. The smallest absolute Gasteiger partial charge is 0.235 e. The summed E-state index contributed by atoms with van der Waals surface area (Å²) in [7, 11) is 3.12. The summed E-state index contributed by atoms with van der Waals surface area (Å²) < 4.78 is 0. The topological polar surface area (TPSA) is 167 Å². The number of phenols is 1. The number of hydrogen-bond donors (Lipinski definition) is 3. The van der Waals surface area contributed by atoms with Crippen LogP contribution in [-0.4, -0.2) is 81.6 Å². The number of amides is 1. The minimum atomic E-state index is -2.74. The number of aromatic hydroxyl groups is 1. The summed E-state index contributed by atoms with van der Waals surface area (Å²) in [6.45, 7) is 6.07. The lowest BCUT2D eigenvalue weighted by molar-refractivity contribution is -0.181. The number of benzene rings is 2. The number of Topliss-reactive ketones (excluding diaryl/α,β-unsaturated/α-hetero) is 4. The fraction of sp³-hybridized carbons (Fsp3) is 0.455. The van der Waals surface area contributed by atoms with Gasteiger partial charge in [0.1, 0.15) is 5.75 Å². The molecule has 0 spiro atoms. The molecule has 0 aromatic heterocycles. The highest BCUT2D eigenvalue weighted by molar-refractivity contribution is 6.32. The van der Waals surface area contributed by atoms with E-state index < -0.39 is 64.4 Å². The number of likely N-dealkylation sites (N-methyl/N-ethyl adjacent to an activating group) is 1. The molecule has 2 saturated carbocycles. The summed E-state index contributed by atoms with van der Waals surface area (Å²) in [5.74, 6) is -10.6. The predicted molar refractivity (Wildman–Crippen MR) is 159 cm³/mol. The maximum absolute atomic E-state index is 14.0. The Morgan fingerprint density at radius 1 is 1.07 bits per heavy atom. The van der Waals surface area contributed by atoms with E-state index in [0.29, 0.717) is 12.0 Å². The fourth-order valence-electron chi connectivity index (χ4n) is 7.12. The molecule has 226 valence electrons. The van der Waals surface area contributed by atoms with Gasteiger partial charge in [0.15, 0.2) is 34.7 Å². The van der Waals surface area contributed by atoms with Crippen molar-refractivity contribution in [2.24, 2.45) is 34.4 Å². The van der Waals surface area contributed by atoms with Crippen molar-refractivity contribution >= 4 is 35.3 Å². The summed E-state index contributed by atoms with van der Waals surface area (Å²) >= 11 is 0. The van der Waals surface area contributed by atoms with Crippen LogP contribution in [0.4, 0.5) is 0 Å². The summed E-state index contributed by atoms with van der Waals surface area (Å²) in [4.78, 5) is 72.7. The third kappa shape index (κ3) is 4.92. The van der Waals surface area contributed by atoms with Gasteiger partial charge in [0, 0.05) is 18.6 Å². The molecule has 3 aliphatic rings. The number of aliphatic imine (C=N–C) groups is 1. The van der Waals surface area contributed by atoms with Gasteiger partial charge in [0.05, 0.1) is 23.1 Å². The Bertz CT molecular complexity index is 1570. The molecule has 10 heteroatoms. The molecule has 0 aliphatic heterocycles. The summed E-state index contributed by atoms with van der Waals surface area (Å²) in [5.41, 5.74) is 5.59. The molecule has 43 heavy (non-hydrogen) atoms. The minimum Gasteiger partial charge on any atom is -0.507 e. The van der Waals surface area contributed by atoms with Crippen molar-refractivity contribution in [1.82, 2.24) is 4.90 Å². The van der Waals surface area contributed by atoms with Crippen molar-refractivity contribution < 1.29 is 34.2 Å². The van der Waals surface area contributed by atoms with Crippen molar-refractivity contribution in [3.8, 4) is 16.9 Å². The van der Waals surface area contributed by atoms with Crippen LogP contribution in [0.1, 0.15) is 48.7 Å². The van der Waals surface area contributed by atoms with Crippen LogP contribution < -0.4 is 5.73 Å². The number of ketones is 4. The minimum absolute atomic E-state index is 0.00500. The second kappa shape index (κ2) is 10.6. The summed E-state index contributed by atoms with van der Waals surface area (Å²) in [6.07, 6.45) is 2.74. The number of rotatable bonds is 5. The first-order valence-electron chi connectivity index (χ1n) is 14.4. The molecular weight excluding hydrogens is 550 g/mol. The molecule has 2 aromatic carbocycles. The predicted octanol–water partition coefficient (Wildman–Crippen LogP) is 1.95. The monoisotopic (exact) mass is 587 g/mol. The van der Waals surface area contributed by atoms with Crippen LogP contribution in [0.5, 0.6) is 5.75 Å². The molecule has 2 fully saturated rings. The first-order chi connectivity index (χ1) is 20.1. The van der Waals surface area contributed by atoms with Crippen molar-refractivity contribution in [3.05, 3.63) is 53.1 Å². The SMILES string of the molecule is CN(C)[C@H]1C(=O)C(C(N)=O)C(=O)[C@]2(O)C(=O)C3C(=O)c4c(O)ccc(-c5ccc(CC=NC(C)(C)C)cc5)c4C[C@@H]3C[C@H]12. The van der Waals surface area contributed by atoms with Crippen LogP contribution in [0.15, 0.2) is 41.4 Å².